The average Bonchev–Trinajstić information content (AvgIpc) is 2.84. The lowest BCUT2D eigenvalue weighted by atomic mass is 9.98. The van der Waals surface area contributed by atoms with Gasteiger partial charge in [0.1, 0.15) is 23.5 Å². The van der Waals surface area contributed by atoms with Crippen LogP contribution in [0.4, 0.5) is 8.78 Å². The normalized spacial score (nSPS) is 14.9. The van der Waals surface area contributed by atoms with Crippen molar-refractivity contribution in [1.82, 2.24) is 0 Å². The number of aliphatic hydroxyl groups is 1. The van der Waals surface area contributed by atoms with Crippen LogP contribution in [0.15, 0.2) is 36.4 Å². The molecule has 4 heteroatoms. The molecule has 1 N–H and O–H groups in total. The van der Waals surface area contributed by atoms with Gasteiger partial charge in [-0.05, 0) is 23.3 Å². The molecule has 1 aliphatic rings. The molecule has 1 unspecified atom stereocenters. The van der Waals surface area contributed by atoms with Crippen LogP contribution in [0, 0.1) is 11.6 Å². The van der Waals surface area contributed by atoms with Crippen LogP contribution < -0.4 is 4.74 Å². The highest BCUT2D eigenvalue weighted by Crippen LogP contribution is 2.36. The minimum atomic E-state index is -1.10. The number of hydrogen-bond donors (Lipinski definition) is 1. The molecule has 1 atom stereocenters. The molecule has 1 aliphatic heterocycles. The van der Waals surface area contributed by atoms with Crippen LogP contribution in [-0.2, 0) is 6.42 Å². The molecule has 2 aromatic rings. The first-order valence-electron chi connectivity index (χ1n) is 6.04. The van der Waals surface area contributed by atoms with Crippen LogP contribution in [0.5, 0.6) is 5.75 Å². The van der Waals surface area contributed by atoms with Crippen LogP contribution in [-0.4, -0.2) is 11.7 Å². The molecule has 0 radical (unpaired) electrons. The number of benzene rings is 2. The smallest absolute Gasteiger partial charge is 0.128 e. The Morgan fingerprint density at radius 2 is 1.84 bits per heavy atom. The highest BCUT2D eigenvalue weighted by Gasteiger charge is 2.22. The van der Waals surface area contributed by atoms with Crippen molar-refractivity contribution in [3.8, 4) is 5.75 Å². The molecule has 0 aromatic heterocycles. The summed E-state index contributed by atoms with van der Waals surface area (Å²) in [4.78, 5) is 0. The van der Waals surface area contributed by atoms with Crippen molar-refractivity contribution >= 4 is 0 Å². The van der Waals surface area contributed by atoms with Gasteiger partial charge in [0.05, 0.1) is 6.61 Å². The van der Waals surface area contributed by atoms with Crippen molar-refractivity contribution in [3.63, 3.8) is 0 Å². The Morgan fingerprint density at radius 3 is 2.58 bits per heavy atom. The quantitative estimate of drug-likeness (QED) is 0.901. The standard InChI is InChI=1S/C15H12F2O2/c16-11-6-10(7-12(17)8-11)14(18)13-3-1-2-9-4-5-19-15(9)13/h1-3,6-8,14,18H,4-5H2. The van der Waals surface area contributed by atoms with E-state index in [1.54, 1.807) is 6.07 Å². The van der Waals surface area contributed by atoms with E-state index in [1.807, 2.05) is 12.1 Å². The summed E-state index contributed by atoms with van der Waals surface area (Å²) in [5.74, 6) is -0.787. The van der Waals surface area contributed by atoms with Crippen molar-refractivity contribution in [1.29, 1.82) is 0 Å². The van der Waals surface area contributed by atoms with E-state index in [-0.39, 0.29) is 5.56 Å². The molecule has 2 nitrogen and oxygen atoms in total. The summed E-state index contributed by atoms with van der Waals surface area (Å²) < 4.78 is 31.9. The molecule has 3 rings (SSSR count). The van der Waals surface area contributed by atoms with Gasteiger partial charge in [0.2, 0.25) is 0 Å². The first kappa shape index (κ1) is 12.1. The number of hydrogen-bond acceptors (Lipinski definition) is 2. The largest absolute Gasteiger partial charge is 0.493 e. The number of rotatable bonds is 2. The van der Waals surface area contributed by atoms with Crippen molar-refractivity contribution in [2.24, 2.45) is 0 Å². The van der Waals surface area contributed by atoms with Crippen molar-refractivity contribution in [2.75, 3.05) is 6.61 Å². The Labute approximate surface area is 109 Å². The number of fused-ring (bicyclic) bond motifs is 1. The fourth-order valence-corrected chi connectivity index (χ4v) is 2.37. The lowest BCUT2D eigenvalue weighted by Gasteiger charge is -2.15. The highest BCUT2D eigenvalue weighted by molar-refractivity contribution is 5.47. The molecule has 0 amide bonds. The molecule has 0 bridgehead atoms. The second-order valence-electron chi connectivity index (χ2n) is 4.54. The molecular weight excluding hydrogens is 250 g/mol. The van der Waals surface area contributed by atoms with E-state index in [1.165, 1.54) is 0 Å². The third-order valence-electron chi connectivity index (χ3n) is 3.24. The molecular formula is C15H12F2O2. The van der Waals surface area contributed by atoms with Gasteiger partial charge in [0.15, 0.2) is 0 Å². The predicted octanol–water partition coefficient (Wildman–Crippen LogP) is 2.98. The summed E-state index contributed by atoms with van der Waals surface area (Å²) in [6, 6.07) is 8.47. The van der Waals surface area contributed by atoms with Gasteiger partial charge in [0.25, 0.3) is 0 Å². The van der Waals surface area contributed by atoms with Crippen molar-refractivity contribution < 1.29 is 18.6 Å². The first-order valence-corrected chi connectivity index (χ1v) is 6.04. The molecule has 0 fully saturated rings. The van der Waals surface area contributed by atoms with Crippen molar-refractivity contribution in [3.05, 3.63) is 64.7 Å². The maximum atomic E-state index is 13.2. The number of ether oxygens (including phenoxy) is 1. The van der Waals surface area contributed by atoms with Gasteiger partial charge in [-0.2, -0.15) is 0 Å². The van der Waals surface area contributed by atoms with Crippen molar-refractivity contribution in [2.45, 2.75) is 12.5 Å². The summed E-state index contributed by atoms with van der Waals surface area (Å²) in [5.41, 5.74) is 1.73. The molecule has 0 saturated heterocycles. The van der Waals surface area contributed by atoms with E-state index in [4.69, 9.17) is 4.74 Å². The third-order valence-corrected chi connectivity index (χ3v) is 3.24. The molecule has 19 heavy (non-hydrogen) atoms. The van der Waals surface area contributed by atoms with Gasteiger partial charge in [-0.3, -0.25) is 0 Å². The first-order chi connectivity index (χ1) is 9.15. The Hall–Kier alpha value is -1.94. The van der Waals surface area contributed by atoms with E-state index in [2.05, 4.69) is 0 Å². The topological polar surface area (TPSA) is 29.5 Å². The van der Waals surface area contributed by atoms with E-state index in [0.29, 0.717) is 17.9 Å². The molecule has 2 aromatic carbocycles. The zero-order valence-electron chi connectivity index (χ0n) is 10.1. The fraction of sp³-hybridized carbons (Fsp3) is 0.200. The fourth-order valence-electron chi connectivity index (χ4n) is 2.37. The van der Waals surface area contributed by atoms with Crippen LogP contribution in [0.2, 0.25) is 0 Å². The number of aliphatic hydroxyl groups excluding tert-OH is 1. The minimum absolute atomic E-state index is 0.182. The Kier molecular flexibility index (Phi) is 2.95. The van der Waals surface area contributed by atoms with Gasteiger partial charge in [-0.15, -0.1) is 0 Å². The third kappa shape index (κ3) is 2.19. The van der Waals surface area contributed by atoms with E-state index in [9.17, 15) is 13.9 Å². The lowest BCUT2D eigenvalue weighted by Crippen LogP contribution is -2.03. The zero-order chi connectivity index (χ0) is 13.4. The number of para-hydroxylation sites is 1. The maximum Gasteiger partial charge on any atom is 0.128 e. The highest BCUT2D eigenvalue weighted by atomic mass is 19.1. The van der Waals surface area contributed by atoms with Crippen LogP contribution in [0.25, 0.3) is 0 Å². The average molecular weight is 262 g/mol. The van der Waals surface area contributed by atoms with Gasteiger partial charge in [0, 0.05) is 18.1 Å². The molecule has 1 heterocycles. The number of halogens is 2. The Balaban J connectivity index is 2.04. The SMILES string of the molecule is OC(c1cc(F)cc(F)c1)c1cccc2c1OCC2. The van der Waals surface area contributed by atoms with Crippen LogP contribution in [0.1, 0.15) is 22.8 Å². The van der Waals surface area contributed by atoms with E-state index < -0.39 is 17.7 Å². The Morgan fingerprint density at radius 1 is 1.11 bits per heavy atom. The summed E-state index contributed by atoms with van der Waals surface area (Å²) in [5, 5.41) is 10.3. The molecule has 0 aliphatic carbocycles. The summed E-state index contributed by atoms with van der Waals surface area (Å²) in [7, 11) is 0. The second-order valence-corrected chi connectivity index (χ2v) is 4.54. The second kappa shape index (κ2) is 4.63. The van der Waals surface area contributed by atoms with Gasteiger partial charge in [-0.25, -0.2) is 8.78 Å². The van der Waals surface area contributed by atoms with Gasteiger partial charge >= 0.3 is 0 Å². The van der Waals surface area contributed by atoms with E-state index >= 15 is 0 Å². The lowest BCUT2D eigenvalue weighted by molar-refractivity contribution is 0.212. The van der Waals surface area contributed by atoms with Crippen LogP contribution in [0.3, 0.4) is 0 Å². The summed E-state index contributed by atoms with van der Waals surface area (Å²) in [6.45, 7) is 0.566. The molecule has 0 saturated carbocycles. The molecule has 98 valence electrons. The summed E-state index contributed by atoms with van der Waals surface area (Å²) in [6.07, 6.45) is -0.314. The predicted molar refractivity (Wildman–Crippen MR) is 66.1 cm³/mol. The Bertz CT molecular complexity index is 605. The van der Waals surface area contributed by atoms with Gasteiger partial charge in [-0.1, -0.05) is 18.2 Å². The molecule has 0 spiro atoms. The summed E-state index contributed by atoms with van der Waals surface area (Å²) >= 11 is 0. The van der Waals surface area contributed by atoms with Crippen LogP contribution >= 0.6 is 0 Å². The zero-order valence-corrected chi connectivity index (χ0v) is 10.1. The monoisotopic (exact) mass is 262 g/mol. The minimum Gasteiger partial charge on any atom is -0.493 e. The van der Waals surface area contributed by atoms with E-state index in [0.717, 1.165) is 30.2 Å². The van der Waals surface area contributed by atoms with Gasteiger partial charge < -0.3 is 9.84 Å². The maximum absolute atomic E-state index is 13.2.